The first-order valence-electron chi connectivity index (χ1n) is 8.80. The van der Waals surface area contributed by atoms with E-state index < -0.39 is 22.3 Å². The average Bonchev–Trinajstić information content (AvgIpc) is 2.64. The van der Waals surface area contributed by atoms with E-state index in [2.05, 4.69) is 13.8 Å². The Morgan fingerprint density at radius 2 is 0.958 bits per heavy atom. The van der Waals surface area contributed by atoms with Crippen molar-refractivity contribution in [1.82, 2.24) is 0 Å². The van der Waals surface area contributed by atoms with Crippen LogP contribution in [0.1, 0.15) is 58.8 Å². The van der Waals surface area contributed by atoms with Gasteiger partial charge in [-0.1, -0.05) is 46.0 Å². The van der Waals surface area contributed by atoms with Crippen molar-refractivity contribution in [2.45, 2.75) is 63.5 Å². The van der Waals surface area contributed by atoms with E-state index in [1.165, 1.54) is 19.3 Å². The maximum Gasteiger partial charge on any atom is 0.511 e. The minimum Gasteiger partial charge on any atom is -0.377 e. The molecule has 0 saturated carbocycles. The van der Waals surface area contributed by atoms with Gasteiger partial charge in [-0.2, -0.15) is 0 Å². The van der Waals surface area contributed by atoms with Gasteiger partial charge >= 0.3 is 17.6 Å². The molecule has 0 radical (unpaired) electrons. The number of rotatable bonds is 15. The molecule has 0 amide bonds. The first-order chi connectivity index (χ1) is 11.5. The zero-order valence-corrected chi connectivity index (χ0v) is 18.9. The Hall–Kier alpha value is 0.194. The van der Waals surface area contributed by atoms with Crippen molar-refractivity contribution in [2.24, 2.45) is 0 Å². The van der Waals surface area contributed by atoms with E-state index in [9.17, 15) is 0 Å². The molecule has 24 heavy (non-hydrogen) atoms. The van der Waals surface area contributed by atoms with E-state index in [4.69, 9.17) is 26.6 Å². The van der Waals surface area contributed by atoms with Crippen LogP contribution in [-0.2, 0) is 26.6 Å². The van der Waals surface area contributed by atoms with Crippen LogP contribution in [0.4, 0.5) is 0 Å². The highest BCUT2D eigenvalue weighted by Crippen LogP contribution is 2.54. The first-order valence-corrected chi connectivity index (χ1v) is 12.2. The largest absolute Gasteiger partial charge is 0.511 e. The number of hydrogen-bond acceptors (Lipinski definition) is 6. The molecule has 0 fully saturated rings. The van der Waals surface area contributed by atoms with E-state index in [1.807, 2.05) is 0 Å². The molecule has 0 aliphatic carbocycles. The molecule has 0 atom stereocenters. The third-order valence-electron chi connectivity index (χ3n) is 5.10. The van der Waals surface area contributed by atoms with Gasteiger partial charge in [0.2, 0.25) is 0 Å². The predicted molar refractivity (Wildman–Crippen MR) is 99.9 cm³/mol. The molecule has 0 aromatic heterocycles. The van der Waals surface area contributed by atoms with Crippen LogP contribution in [0, 0.1) is 0 Å². The highest BCUT2D eigenvalue weighted by atomic mass is 28.5. The maximum absolute atomic E-state index is 5.87. The zero-order chi connectivity index (χ0) is 18.7. The topological polar surface area (TPSA) is 55.4 Å². The Balaban J connectivity index is 5.84. The lowest BCUT2D eigenvalue weighted by atomic mass is 10.1. The van der Waals surface area contributed by atoms with Gasteiger partial charge in [0.05, 0.1) is 0 Å². The summed E-state index contributed by atoms with van der Waals surface area (Å²) < 4.78 is 34.7. The van der Waals surface area contributed by atoms with E-state index in [1.54, 1.807) is 42.7 Å². The van der Waals surface area contributed by atoms with E-state index in [0.29, 0.717) is 0 Å². The molecule has 0 saturated heterocycles. The molecule has 0 aromatic carbocycles. The minimum absolute atomic E-state index is 0.539. The molecular formula is C16H38O6Si2. The standard InChI is InChI=1S/C16H38O6Si2/c1-9-11-12-13-14-15-16(10-2,23(17-3,18-4)19-5)24(20-6,21-7)22-8/h9-15H2,1-8H3. The molecule has 8 heteroatoms. The Bertz CT molecular complexity index is 285. The lowest BCUT2D eigenvalue weighted by Gasteiger charge is -2.49. The Labute approximate surface area is 150 Å². The number of hydrogen-bond donors (Lipinski definition) is 0. The lowest BCUT2D eigenvalue weighted by Crippen LogP contribution is -2.69. The molecule has 6 nitrogen and oxygen atoms in total. The fourth-order valence-electron chi connectivity index (χ4n) is 3.81. The van der Waals surface area contributed by atoms with Crippen LogP contribution >= 0.6 is 0 Å². The second-order valence-corrected chi connectivity index (χ2v) is 13.0. The molecule has 0 rings (SSSR count). The quantitative estimate of drug-likeness (QED) is 0.317. The van der Waals surface area contributed by atoms with E-state index in [0.717, 1.165) is 25.7 Å². The van der Waals surface area contributed by atoms with Crippen LogP contribution < -0.4 is 0 Å². The predicted octanol–water partition coefficient (Wildman–Crippen LogP) is 3.79. The number of unbranched alkanes of at least 4 members (excludes halogenated alkanes) is 4. The summed E-state index contributed by atoms with van der Waals surface area (Å²) >= 11 is 0. The van der Waals surface area contributed by atoms with Gasteiger partial charge in [0.25, 0.3) is 0 Å². The summed E-state index contributed by atoms with van der Waals surface area (Å²) in [6, 6.07) is 0. The summed E-state index contributed by atoms with van der Waals surface area (Å²) in [6.45, 7) is 4.32. The summed E-state index contributed by atoms with van der Waals surface area (Å²) in [6.07, 6.45) is 7.45. The molecule has 0 N–H and O–H groups in total. The molecule has 0 aliphatic heterocycles. The van der Waals surface area contributed by atoms with Gasteiger partial charge in [-0.25, -0.2) is 0 Å². The molecule has 0 aromatic rings. The Morgan fingerprint density at radius 1 is 0.583 bits per heavy atom. The van der Waals surface area contributed by atoms with Gasteiger partial charge in [-0.3, -0.25) is 0 Å². The van der Waals surface area contributed by atoms with Crippen molar-refractivity contribution >= 4 is 17.6 Å². The molecule has 0 heterocycles. The van der Waals surface area contributed by atoms with Gasteiger partial charge in [0.15, 0.2) is 0 Å². The van der Waals surface area contributed by atoms with Crippen LogP contribution in [0.2, 0.25) is 4.66 Å². The van der Waals surface area contributed by atoms with Crippen molar-refractivity contribution in [2.75, 3.05) is 42.7 Å². The second-order valence-electron chi connectivity index (χ2n) is 5.94. The van der Waals surface area contributed by atoms with Crippen LogP contribution in [0.25, 0.3) is 0 Å². The van der Waals surface area contributed by atoms with Gasteiger partial charge < -0.3 is 26.6 Å². The fraction of sp³-hybridized carbons (Fsp3) is 1.00. The highest BCUT2D eigenvalue weighted by Gasteiger charge is 2.74. The van der Waals surface area contributed by atoms with Crippen LogP contribution in [0.3, 0.4) is 0 Å². The van der Waals surface area contributed by atoms with Crippen molar-refractivity contribution < 1.29 is 26.6 Å². The summed E-state index contributed by atoms with van der Waals surface area (Å²) in [7, 11) is 3.68. The van der Waals surface area contributed by atoms with Gasteiger partial charge in [-0.05, 0) is 12.8 Å². The summed E-state index contributed by atoms with van der Waals surface area (Å²) in [4.78, 5) is 0. The molecule has 0 spiro atoms. The molecule has 0 aliphatic rings. The van der Waals surface area contributed by atoms with Gasteiger partial charge in [0, 0.05) is 42.7 Å². The first kappa shape index (κ1) is 24.2. The molecular weight excluding hydrogens is 344 g/mol. The van der Waals surface area contributed by atoms with Crippen molar-refractivity contribution in [3.05, 3.63) is 0 Å². The summed E-state index contributed by atoms with van der Waals surface area (Å²) in [5, 5.41) is 0. The van der Waals surface area contributed by atoms with Crippen LogP contribution in [0.15, 0.2) is 0 Å². The molecule has 0 unspecified atom stereocenters. The minimum atomic E-state index is -3.08. The fourth-order valence-corrected chi connectivity index (χ4v) is 12.3. The lowest BCUT2D eigenvalue weighted by molar-refractivity contribution is 0.0489. The zero-order valence-electron chi connectivity index (χ0n) is 16.9. The Morgan fingerprint density at radius 3 is 1.25 bits per heavy atom. The second kappa shape index (κ2) is 11.7. The van der Waals surface area contributed by atoms with Crippen molar-refractivity contribution in [3.63, 3.8) is 0 Å². The van der Waals surface area contributed by atoms with Crippen molar-refractivity contribution in [3.8, 4) is 0 Å². The van der Waals surface area contributed by atoms with E-state index in [-0.39, 0.29) is 0 Å². The van der Waals surface area contributed by atoms with Crippen molar-refractivity contribution in [1.29, 1.82) is 0 Å². The van der Waals surface area contributed by atoms with Gasteiger partial charge in [-0.15, -0.1) is 0 Å². The SMILES string of the molecule is CCCCCCCC(CC)([Si](OC)(OC)OC)[Si](OC)(OC)OC. The normalized spacial score (nSPS) is 13.5. The molecule has 146 valence electrons. The molecule has 0 bridgehead atoms. The summed E-state index contributed by atoms with van der Waals surface area (Å²) in [5.74, 6) is 0. The van der Waals surface area contributed by atoms with E-state index >= 15 is 0 Å². The van der Waals surface area contributed by atoms with Gasteiger partial charge in [0.1, 0.15) is 4.66 Å². The Kier molecular flexibility index (Phi) is 11.8. The highest BCUT2D eigenvalue weighted by molar-refractivity contribution is 6.85. The summed E-state index contributed by atoms with van der Waals surface area (Å²) in [5.41, 5.74) is 0. The smallest absolute Gasteiger partial charge is 0.377 e. The maximum atomic E-state index is 5.87. The third kappa shape index (κ3) is 4.48. The monoisotopic (exact) mass is 382 g/mol. The van der Waals surface area contributed by atoms with Crippen LogP contribution in [-0.4, -0.2) is 60.3 Å². The average molecular weight is 383 g/mol. The third-order valence-corrected chi connectivity index (χ3v) is 13.7. The van der Waals surface area contributed by atoms with Crippen LogP contribution in [0.5, 0.6) is 0 Å².